The molecule has 1 rings (SSSR count). The van der Waals surface area contributed by atoms with Gasteiger partial charge < -0.3 is 14.4 Å². The van der Waals surface area contributed by atoms with E-state index in [4.69, 9.17) is 9.47 Å². The molecule has 2 atom stereocenters. The topological polar surface area (TPSA) is 72.9 Å². The third-order valence-corrected chi connectivity index (χ3v) is 3.04. The quantitative estimate of drug-likeness (QED) is 0.727. The number of amides is 1. The summed E-state index contributed by atoms with van der Waals surface area (Å²) in [6.45, 7) is 8.94. The second kappa shape index (κ2) is 6.24. The molecule has 0 radical (unpaired) electrons. The van der Waals surface area contributed by atoms with Gasteiger partial charge in [0.05, 0.1) is 12.5 Å². The molecule has 0 N–H and O–H groups in total. The van der Waals surface area contributed by atoms with E-state index in [0.29, 0.717) is 13.0 Å². The summed E-state index contributed by atoms with van der Waals surface area (Å²) in [6, 6.07) is -0.884. The second-order valence-corrected chi connectivity index (χ2v) is 5.84. The van der Waals surface area contributed by atoms with Crippen LogP contribution in [0, 0.1) is 5.92 Å². The van der Waals surface area contributed by atoms with E-state index in [0.717, 1.165) is 0 Å². The molecule has 0 bridgehead atoms. The molecule has 114 valence electrons. The van der Waals surface area contributed by atoms with Crippen molar-refractivity contribution in [3.05, 3.63) is 0 Å². The molecule has 20 heavy (non-hydrogen) atoms. The van der Waals surface area contributed by atoms with E-state index in [1.54, 1.807) is 27.7 Å². The zero-order valence-electron chi connectivity index (χ0n) is 12.8. The summed E-state index contributed by atoms with van der Waals surface area (Å²) in [5, 5.41) is 0. The van der Waals surface area contributed by atoms with Crippen molar-refractivity contribution < 1.29 is 23.9 Å². The molecule has 0 unspecified atom stereocenters. The van der Waals surface area contributed by atoms with Gasteiger partial charge in [0.1, 0.15) is 11.6 Å². The maximum absolute atomic E-state index is 12.3. The van der Waals surface area contributed by atoms with Crippen molar-refractivity contribution in [3.8, 4) is 0 Å². The smallest absolute Gasteiger partial charge is 0.330 e. The van der Waals surface area contributed by atoms with Gasteiger partial charge in [-0.2, -0.15) is 0 Å². The van der Waals surface area contributed by atoms with Crippen LogP contribution in [0.15, 0.2) is 0 Å². The van der Waals surface area contributed by atoms with Crippen LogP contribution in [0.3, 0.4) is 0 Å². The third kappa shape index (κ3) is 3.95. The van der Waals surface area contributed by atoms with Crippen LogP contribution in [0.25, 0.3) is 0 Å². The Bertz CT molecular complexity index is 399. The molecule has 1 amide bonds. The number of carbonyl (C=O) groups excluding carboxylic acids is 3. The zero-order valence-corrected chi connectivity index (χ0v) is 12.8. The van der Waals surface area contributed by atoms with Crippen LogP contribution in [0.4, 0.5) is 0 Å². The Morgan fingerprint density at radius 3 is 2.25 bits per heavy atom. The summed E-state index contributed by atoms with van der Waals surface area (Å²) in [4.78, 5) is 37.2. The van der Waals surface area contributed by atoms with E-state index >= 15 is 0 Å². The van der Waals surface area contributed by atoms with Gasteiger partial charge >= 0.3 is 11.9 Å². The fourth-order valence-corrected chi connectivity index (χ4v) is 2.30. The van der Waals surface area contributed by atoms with Crippen molar-refractivity contribution in [2.24, 2.45) is 5.92 Å². The number of nitrogens with zero attached hydrogens (tertiary/aromatic N) is 1. The monoisotopic (exact) mass is 285 g/mol. The Labute approximate surface area is 119 Å². The standard InChI is InChI=1S/C14H23NO5/c1-6-19-12(17)10-7-8-15(9(2)16)11(10)13(18)20-14(3,4)5/h10-11H,6-8H2,1-5H3/t10-,11+/m1/s1. The molecule has 0 aromatic rings. The molecular weight excluding hydrogens is 262 g/mol. The molecular formula is C14H23NO5. The first-order chi connectivity index (χ1) is 9.17. The van der Waals surface area contributed by atoms with Gasteiger partial charge in [0, 0.05) is 13.5 Å². The van der Waals surface area contributed by atoms with E-state index in [-0.39, 0.29) is 12.5 Å². The van der Waals surface area contributed by atoms with Crippen molar-refractivity contribution in [1.29, 1.82) is 0 Å². The second-order valence-electron chi connectivity index (χ2n) is 5.84. The molecule has 0 aromatic carbocycles. The fraction of sp³-hybridized carbons (Fsp3) is 0.786. The average molecular weight is 285 g/mol. The molecule has 6 heteroatoms. The predicted octanol–water partition coefficient (Wildman–Crippen LogP) is 1.13. The minimum absolute atomic E-state index is 0.243. The Hall–Kier alpha value is -1.59. The van der Waals surface area contributed by atoms with Gasteiger partial charge in [0.15, 0.2) is 0 Å². The highest BCUT2D eigenvalue weighted by Crippen LogP contribution is 2.28. The molecule has 6 nitrogen and oxygen atoms in total. The van der Waals surface area contributed by atoms with Gasteiger partial charge in [-0.1, -0.05) is 0 Å². The summed E-state index contributed by atoms with van der Waals surface area (Å²) in [5.41, 5.74) is -0.665. The number of likely N-dealkylation sites (tertiary alicyclic amines) is 1. The Kier molecular flexibility index (Phi) is 5.14. The lowest BCUT2D eigenvalue weighted by Crippen LogP contribution is -2.47. The van der Waals surface area contributed by atoms with Crippen LogP contribution < -0.4 is 0 Å². The van der Waals surface area contributed by atoms with Crippen LogP contribution in [0.5, 0.6) is 0 Å². The van der Waals surface area contributed by atoms with Crippen LogP contribution >= 0.6 is 0 Å². The van der Waals surface area contributed by atoms with Crippen molar-refractivity contribution in [2.45, 2.75) is 52.7 Å². The highest BCUT2D eigenvalue weighted by Gasteiger charge is 2.47. The highest BCUT2D eigenvalue weighted by molar-refractivity contribution is 5.90. The van der Waals surface area contributed by atoms with Gasteiger partial charge in [-0.15, -0.1) is 0 Å². The van der Waals surface area contributed by atoms with Crippen LogP contribution in [-0.2, 0) is 23.9 Å². The van der Waals surface area contributed by atoms with Crippen molar-refractivity contribution in [2.75, 3.05) is 13.2 Å². The first-order valence-electron chi connectivity index (χ1n) is 6.84. The molecule has 0 aliphatic carbocycles. The Morgan fingerprint density at radius 2 is 1.80 bits per heavy atom. The molecule has 1 aliphatic heterocycles. The lowest BCUT2D eigenvalue weighted by Gasteiger charge is -2.28. The largest absolute Gasteiger partial charge is 0.466 e. The van der Waals surface area contributed by atoms with Gasteiger partial charge in [0.25, 0.3) is 0 Å². The Morgan fingerprint density at radius 1 is 1.20 bits per heavy atom. The van der Waals surface area contributed by atoms with Crippen molar-refractivity contribution in [1.82, 2.24) is 4.90 Å². The molecule has 0 spiro atoms. The highest BCUT2D eigenvalue weighted by atomic mass is 16.6. The normalized spacial score (nSPS) is 22.6. The SMILES string of the molecule is CCOC(=O)[C@@H]1CCN(C(C)=O)[C@@H]1C(=O)OC(C)(C)C. The van der Waals surface area contributed by atoms with Crippen LogP contribution in [-0.4, -0.2) is 47.5 Å². The molecule has 1 fully saturated rings. The van der Waals surface area contributed by atoms with Crippen LogP contribution in [0.2, 0.25) is 0 Å². The van der Waals surface area contributed by atoms with Gasteiger partial charge in [-0.25, -0.2) is 4.79 Å². The lowest BCUT2D eigenvalue weighted by molar-refractivity contribution is -0.168. The van der Waals surface area contributed by atoms with E-state index < -0.39 is 29.5 Å². The number of hydrogen-bond donors (Lipinski definition) is 0. The predicted molar refractivity (Wildman–Crippen MR) is 71.8 cm³/mol. The molecule has 0 saturated carbocycles. The molecule has 1 aliphatic rings. The molecule has 1 saturated heterocycles. The van der Waals surface area contributed by atoms with Gasteiger partial charge in [-0.05, 0) is 34.1 Å². The molecule has 1 heterocycles. The number of hydrogen-bond acceptors (Lipinski definition) is 5. The minimum atomic E-state index is -0.884. The van der Waals surface area contributed by atoms with Gasteiger partial charge in [0.2, 0.25) is 5.91 Å². The summed E-state index contributed by atoms with van der Waals surface area (Å²) < 4.78 is 10.3. The fourth-order valence-electron chi connectivity index (χ4n) is 2.30. The first kappa shape index (κ1) is 16.5. The number of ether oxygens (including phenoxy) is 2. The summed E-state index contributed by atoms with van der Waals surface area (Å²) in [6.07, 6.45) is 0.419. The first-order valence-corrected chi connectivity index (χ1v) is 6.84. The zero-order chi connectivity index (χ0) is 15.5. The lowest BCUT2D eigenvalue weighted by atomic mass is 10.00. The van der Waals surface area contributed by atoms with Crippen molar-refractivity contribution >= 4 is 17.8 Å². The van der Waals surface area contributed by atoms with E-state index in [1.807, 2.05) is 0 Å². The van der Waals surface area contributed by atoms with Crippen LogP contribution in [0.1, 0.15) is 41.0 Å². The number of esters is 2. The molecule has 0 aromatic heterocycles. The Balaban J connectivity index is 2.94. The third-order valence-electron chi connectivity index (χ3n) is 3.04. The van der Waals surface area contributed by atoms with E-state index in [1.165, 1.54) is 11.8 Å². The number of carbonyl (C=O) groups is 3. The number of rotatable bonds is 3. The summed E-state index contributed by atoms with van der Waals surface area (Å²) in [7, 11) is 0. The van der Waals surface area contributed by atoms with E-state index in [9.17, 15) is 14.4 Å². The maximum Gasteiger partial charge on any atom is 0.330 e. The minimum Gasteiger partial charge on any atom is -0.466 e. The van der Waals surface area contributed by atoms with E-state index in [2.05, 4.69) is 0 Å². The summed E-state index contributed by atoms with van der Waals surface area (Å²) in [5.74, 6) is -1.89. The average Bonchev–Trinajstić information content (AvgIpc) is 2.71. The summed E-state index contributed by atoms with van der Waals surface area (Å²) >= 11 is 0. The van der Waals surface area contributed by atoms with Gasteiger partial charge in [-0.3, -0.25) is 9.59 Å². The van der Waals surface area contributed by atoms with Crippen molar-refractivity contribution in [3.63, 3.8) is 0 Å². The maximum atomic E-state index is 12.3.